The van der Waals surface area contributed by atoms with Gasteiger partial charge in [0.1, 0.15) is 0 Å². The Hall–Kier alpha value is -2.76. The van der Waals surface area contributed by atoms with E-state index in [0.717, 1.165) is 28.5 Å². The van der Waals surface area contributed by atoms with Crippen molar-refractivity contribution in [1.82, 2.24) is 4.98 Å². The average molecular weight is 476 g/mol. The van der Waals surface area contributed by atoms with Gasteiger partial charge in [0.25, 0.3) is 0 Å². The maximum atomic E-state index is 5.01. The standard InChI is InChI=1S/C25H21N3S.BrH/c1-18-12-14-20(15-13-18)23-17-29-25(26-23)28-24(21-10-6-3-7-11-21)16-22(27-28)19-8-4-2-5-9-19;/h2-15,17,24H,16H2,1H3;1H. The summed E-state index contributed by atoms with van der Waals surface area (Å²) < 4.78 is 0. The highest BCUT2D eigenvalue weighted by molar-refractivity contribution is 8.93. The number of halogens is 1. The first kappa shape index (κ1) is 20.5. The molecule has 2 heterocycles. The highest BCUT2D eigenvalue weighted by Gasteiger charge is 2.31. The molecule has 5 heteroatoms. The predicted molar refractivity (Wildman–Crippen MR) is 132 cm³/mol. The molecule has 150 valence electrons. The summed E-state index contributed by atoms with van der Waals surface area (Å²) in [4.78, 5) is 4.93. The Labute approximate surface area is 191 Å². The van der Waals surface area contributed by atoms with Gasteiger partial charge in [-0.15, -0.1) is 28.3 Å². The molecule has 1 aromatic heterocycles. The van der Waals surface area contributed by atoms with Crippen LogP contribution in [-0.4, -0.2) is 10.7 Å². The fraction of sp³-hybridized carbons (Fsp3) is 0.120. The summed E-state index contributed by atoms with van der Waals surface area (Å²) in [5.74, 6) is 0. The molecule has 0 bridgehead atoms. The minimum absolute atomic E-state index is 0. The largest absolute Gasteiger partial charge is 0.231 e. The first-order valence-electron chi connectivity index (χ1n) is 9.77. The number of nitrogens with zero attached hydrogens (tertiary/aromatic N) is 3. The van der Waals surface area contributed by atoms with E-state index in [1.165, 1.54) is 16.7 Å². The summed E-state index contributed by atoms with van der Waals surface area (Å²) in [6.45, 7) is 2.10. The van der Waals surface area contributed by atoms with Crippen LogP contribution in [0.15, 0.2) is 95.4 Å². The van der Waals surface area contributed by atoms with E-state index in [1.807, 2.05) is 6.07 Å². The maximum Gasteiger partial charge on any atom is 0.207 e. The molecule has 3 aromatic carbocycles. The zero-order chi connectivity index (χ0) is 19.6. The Kier molecular flexibility index (Phi) is 6.11. The highest BCUT2D eigenvalue weighted by atomic mass is 79.9. The van der Waals surface area contributed by atoms with Gasteiger partial charge in [0, 0.05) is 17.4 Å². The van der Waals surface area contributed by atoms with E-state index in [0.29, 0.717) is 0 Å². The van der Waals surface area contributed by atoms with Gasteiger partial charge in [0.15, 0.2) is 0 Å². The summed E-state index contributed by atoms with van der Waals surface area (Å²) in [6, 6.07) is 29.7. The minimum Gasteiger partial charge on any atom is -0.231 e. The van der Waals surface area contributed by atoms with Gasteiger partial charge < -0.3 is 0 Å². The van der Waals surface area contributed by atoms with Gasteiger partial charge in [-0.25, -0.2) is 9.99 Å². The van der Waals surface area contributed by atoms with Crippen LogP contribution in [-0.2, 0) is 0 Å². The van der Waals surface area contributed by atoms with Crippen LogP contribution in [0.3, 0.4) is 0 Å². The Balaban J connectivity index is 0.00000218. The summed E-state index contributed by atoms with van der Waals surface area (Å²) in [6.07, 6.45) is 0.869. The first-order valence-corrected chi connectivity index (χ1v) is 10.7. The Morgan fingerprint density at radius 2 is 1.50 bits per heavy atom. The molecule has 0 radical (unpaired) electrons. The summed E-state index contributed by atoms with van der Waals surface area (Å²) in [7, 11) is 0. The average Bonchev–Trinajstić information content (AvgIpc) is 3.43. The minimum atomic E-state index is 0. The van der Waals surface area contributed by atoms with Crippen molar-refractivity contribution in [2.75, 3.05) is 5.01 Å². The zero-order valence-electron chi connectivity index (χ0n) is 16.6. The monoisotopic (exact) mass is 475 g/mol. The van der Waals surface area contributed by atoms with E-state index in [9.17, 15) is 0 Å². The smallest absolute Gasteiger partial charge is 0.207 e. The molecule has 1 aliphatic rings. The number of benzene rings is 3. The van der Waals surface area contributed by atoms with Crippen LogP contribution in [0.25, 0.3) is 11.3 Å². The molecule has 0 saturated carbocycles. The SMILES string of the molecule is Br.Cc1ccc(-c2csc(N3N=C(c4ccccc4)CC3c3ccccc3)n2)cc1. The Morgan fingerprint density at radius 1 is 0.833 bits per heavy atom. The van der Waals surface area contributed by atoms with Crippen molar-refractivity contribution in [3.63, 3.8) is 0 Å². The predicted octanol–water partition coefficient (Wildman–Crippen LogP) is 7.05. The summed E-state index contributed by atoms with van der Waals surface area (Å²) in [5.41, 5.74) is 6.93. The van der Waals surface area contributed by atoms with Crippen molar-refractivity contribution in [2.45, 2.75) is 19.4 Å². The van der Waals surface area contributed by atoms with E-state index < -0.39 is 0 Å². The number of hydrogen-bond donors (Lipinski definition) is 0. The lowest BCUT2D eigenvalue weighted by Gasteiger charge is -2.21. The second-order valence-electron chi connectivity index (χ2n) is 7.27. The Morgan fingerprint density at radius 3 is 2.20 bits per heavy atom. The third-order valence-corrected chi connectivity index (χ3v) is 6.07. The molecule has 0 saturated heterocycles. The number of aromatic nitrogens is 1. The van der Waals surface area contributed by atoms with Crippen LogP contribution >= 0.6 is 28.3 Å². The highest BCUT2D eigenvalue weighted by Crippen LogP contribution is 2.39. The first-order chi connectivity index (χ1) is 14.3. The lowest BCUT2D eigenvalue weighted by atomic mass is 9.99. The maximum absolute atomic E-state index is 5.01. The second-order valence-corrected chi connectivity index (χ2v) is 8.11. The van der Waals surface area contributed by atoms with Crippen LogP contribution in [0, 0.1) is 6.92 Å². The summed E-state index contributed by atoms with van der Waals surface area (Å²) in [5, 5.41) is 10.2. The Bertz CT molecular complexity index is 1140. The molecular formula is C25H22BrN3S. The van der Waals surface area contributed by atoms with Gasteiger partial charge >= 0.3 is 0 Å². The van der Waals surface area contributed by atoms with E-state index in [1.54, 1.807) is 11.3 Å². The molecule has 1 atom stereocenters. The quantitative estimate of drug-likeness (QED) is 0.316. The second kappa shape index (κ2) is 8.94. The molecule has 4 aromatic rings. The lowest BCUT2D eigenvalue weighted by molar-refractivity contribution is 0.706. The van der Waals surface area contributed by atoms with Crippen LogP contribution in [0.2, 0.25) is 0 Å². The number of thiazole rings is 1. The number of aryl methyl sites for hydroxylation is 1. The molecule has 30 heavy (non-hydrogen) atoms. The number of rotatable bonds is 4. The summed E-state index contributed by atoms with van der Waals surface area (Å²) >= 11 is 1.65. The third-order valence-electron chi connectivity index (χ3n) is 5.24. The fourth-order valence-corrected chi connectivity index (χ4v) is 4.49. The zero-order valence-corrected chi connectivity index (χ0v) is 19.1. The van der Waals surface area contributed by atoms with E-state index in [-0.39, 0.29) is 23.0 Å². The third kappa shape index (κ3) is 4.09. The number of hydrazone groups is 1. The van der Waals surface area contributed by atoms with Gasteiger partial charge in [0.05, 0.1) is 17.4 Å². The molecule has 0 spiro atoms. The van der Waals surface area contributed by atoms with Crippen LogP contribution in [0.4, 0.5) is 5.13 Å². The number of hydrogen-bond acceptors (Lipinski definition) is 4. The topological polar surface area (TPSA) is 28.5 Å². The lowest BCUT2D eigenvalue weighted by Crippen LogP contribution is -2.18. The molecule has 0 N–H and O–H groups in total. The molecule has 1 unspecified atom stereocenters. The van der Waals surface area contributed by atoms with Gasteiger partial charge in [-0.1, -0.05) is 90.5 Å². The molecule has 5 rings (SSSR count). The molecule has 0 aliphatic carbocycles. The molecule has 0 amide bonds. The van der Waals surface area contributed by atoms with E-state index >= 15 is 0 Å². The molecular weight excluding hydrogens is 454 g/mol. The van der Waals surface area contributed by atoms with Gasteiger partial charge in [-0.2, -0.15) is 5.10 Å². The van der Waals surface area contributed by atoms with Crippen molar-refractivity contribution >= 4 is 39.2 Å². The van der Waals surface area contributed by atoms with Crippen molar-refractivity contribution in [2.24, 2.45) is 5.10 Å². The number of anilines is 1. The molecule has 3 nitrogen and oxygen atoms in total. The van der Waals surface area contributed by atoms with Crippen molar-refractivity contribution < 1.29 is 0 Å². The van der Waals surface area contributed by atoms with Gasteiger partial charge in [0.2, 0.25) is 5.13 Å². The van der Waals surface area contributed by atoms with Crippen molar-refractivity contribution in [1.29, 1.82) is 0 Å². The van der Waals surface area contributed by atoms with E-state index in [4.69, 9.17) is 10.1 Å². The van der Waals surface area contributed by atoms with E-state index in [2.05, 4.69) is 96.2 Å². The van der Waals surface area contributed by atoms with Crippen LogP contribution < -0.4 is 5.01 Å². The molecule has 1 aliphatic heterocycles. The van der Waals surface area contributed by atoms with Crippen molar-refractivity contribution in [3.05, 3.63) is 107 Å². The van der Waals surface area contributed by atoms with Gasteiger partial charge in [-0.3, -0.25) is 0 Å². The normalized spacial score (nSPS) is 15.6. The van der Waals surface area contributed by atoms with Gasteiger partial charge in [-0.05, 0) is 18.1 Å². The fourth-order valence-electron chi connectivity index (χ4n) is 3.65. The van der Waals surface area contributed by atoms with Crippen LogP contribution in [0.5, 0.6) is 0 Å². The van der Waals surface area contributed by atoms with Crippen LogP contribution in [0.1, 0.15) is 29.2 Å². The van der Waals surface area contributed by atoms with Crippen molar-refractivity contribution in [3.8, 4) is 11.3 Å². The molecule has 0 fully saturated rings.